The van der Waals surface area contributed by atoms with Crippen LogP contribution in [0.25, 0.3) is 0 Å². The van der Waals surface area contributed by atoms with Crippen molar-refractivity contribution < 1.29 is 4.74 Å². The molecule has 0 atom stereocenters. The fraction of sp³-hybridized carbons (Fsp3) is 0.529. The highest BCUT2D eigenvalue weighted by Crippen LogP contribution is 2.13. The molecule has 1 saturated heterocycles. The maximum Gasteiger partial charge on any atom is 0.184 e. The highest BCUT2D eigenvalue weighted by atomic mass is 32.1. The third-order valence-corrected chi connectivity index (χ3v) is 3.92. The number of nitrogens with two attached hydrogens (primary N) is 1. The second-order valence-corrected chi connectivity index (χ2v) is 6.20. The maximum absolute atomic E-state index is 5.81. The van der Waals surface area contributed by atoms with E-state index in [2.05, 4.69) is 15.4 Å². The molecule has 0 unspecified atom stereocenters. The van der Waals surface area contributed by atoms with E-state index in [-0.39, 0.29) is 5.11 Å². The molecule has 0 radical (unpaired) electrons. The second-order valence-electron chi connectivity index (χ2n) is 5.76. The van der Waals surface area contributed by atoms with E-state index < -0.39 is 0 Å². The minimum atomic E-state index is 0.155. The van der Waals surface area contributed by atoms with Gasteiger partial charge >= 0.3 is 0 Å². The molecule has 2 rings (SSSR count). The summed E-state index contributed by atoms with van der Waals surface area (Å²) in [6, 6.07) is 7.82. The molecule has 1 aliphatic rings. The molecule has 0 spiro atoms. The van der Waals surface area contributed by atoms with Gasteiger partial charge in [-0.15, -0.1) is 0 Å². The van der Waals surface area contributed by atoms with Gasteiger partial charge in [0.25, 0.3) is 0 Å². The molecule has 0 bridgehead atoms. The predicted octanol–water partition coefficient (Wildman–Crippen LogP) is 2.50. The van der Waals surface area contributed by atoms with Gasteiger partial charge in [-0.25, -0.2) is 0 Å². The Kier molecular flexibility index (Phi) is 7.83. The Morgan fingerprint density at radius 2 is 2.13 bits per heavy atom. The molecule has 1 fully saturated rings. The monoisotopic (exact) mass is 334 g/mol. The predicted molar refractivity (Wildman–Crippen MR) is 99.0 cm³/mol. The molecular weight excluding hydrogens is 308 g/mol. The highest BCUT2D eigenvalue weighted by molar-refractivity contribution is 7.80. The van der Waals surface area contributed by atoms with Gasteiger partial charge in [-0.1, -0.05) is 18.6 Å². The molecule has 126 valence electrons. The number of ether oxygens (including phenoxy) is 1. The molecular formula is C17H26N4OS. The molecule has 0 saturated carbocycles. The summed E-state index contributed by atoms with van der Waals surface area (Å²) in [6.07, 6.45) is 8.05. The first-order valence-corrected chi connectivity index (χ1v) is 8.68. The third-order valence-electron chi connectivity index (χ3n) is 3.83. The van der Waals surface area contributed by atoms with E-state index >= 15 is 0 Å². The lowest BCUT2D eigenvalue weighted by molar-refractivity contribution is 0.216. The molecule has 0 amide bonds. The Bertz CT molecular complexity index is 515. The summed E-state index contributed by atoms with van der Waals surface area (Å²) in [5, 5.41) is 4.10. The summed E-state index contributed by atoms with van der Waals surface area (Å²) in [6.45, 7) is 4.48. The number of rotatable bonds is 8. The van der Waals surface area contributed by atoms with E-state index in [1.807, 2.05) is 24.3 Å². The summed E-state index contributed by atoms with van der Waals surface area (Å²) in [4.78, 5) is 2.56. The number of hydrazone groups is 1. The van der Waals surface area contributed by atoms with E-state index in [1.54, 1.807) is 6.21 Å². The highest BCUT2D eigenvalue weighted by Gasteiger charge is 2.08. The van der Waals surface area contributed by atoms with Crippen LogP contribution in [0.15, 0.2) is 29.4 Å². The molecule has 0 aliphatic carbocycles. The van der Waals surface area contributed by atoms with Gasteiger partial charge in [0.1, 0.15) is 5.75 Å². The smallest absolute Gasteiger partial charge is 0.184 e. The zero-order chi connectivity index (χ0) is 16.3. The van der Waals surface area contributed by atoms with Crippen molar-refractivity contribution in [2.45, 2.75) is 32.1 Å². The van der Waals surface area contributed by atoms with Crippen LogP contribution in [-0.2, 0) is 0 Å². The van der Waals surface area contributed by atoms with Crippen LogP contribution in [0.2, 0.25) is 0 Å². The molecule has 23 heavy (non-hydrogen) atoms. The Morgan fingerprint density at radius 1 is 1.30 bits per heavy atom. The van der Waals surface area contributed by atoms with E-state index in [4.69, 9.17) is 22.7 Å². The largest absolute Gasteiger partial charge is 0.494 e. The average molecular weight is 334 g/mol. The van der Waals surface area contributed by atoms with Crippen LogP contribution in [-0.4, -0.2) is 42.5 Å². The number of hydrogen-bond acceptors (Lipinski definition) is 4. The van der Waals surface area contributed by atoms with Crippen LogP contribution < -0.4 is 15.9 Å². The SMILES string of the molecule is NC(=S)NN=Cc1cccc(OCCCCN2CCCCC2)c1. The Balaban J connectivity index is 1.65. The number of nitrogens with zero attached hydrogens (tertiary/aromatic N) is 2. The van der Waals surface area contributed by atoms with Gasteiger partial charge in [-0.3, -0.25) is 5.43 Å². The summed E-state index contributed by atoms with van der Waals surface area (Å²) in [5.74, 6) is 0.863. The topological polar surface area (TPSA) is 62.9 Å². The number of likely N-dealkylation sites (tertiary alicyclic amines) is 1. The van der Waals surface area contributed by atoms with Crippen molar-refractivity contribution in [2.24, 2.45) is 10.8 Å². The van der Waals surface area contributed by atoms with Crippen LogP contribution >= 0.6 is 12.2 Å². The molecule has 3 N–H and O–H groups in total. The van der Waals surface area contributed by atoms with Crippen molar-refractivity contribution in [3.8, 4) is 5.75 Å². The summed E-state index contributed by atoms with van der Waals surface area (Å²) in [5.41, 5.74) is 8.79. The van der Waals surface area contributed by atoms with Crippen molar-refractivity contribution in [1.29, 1.82) is 0 Å². The van der Waals surface area contributed by atoms with Crippen LogP contribution in [0.5, 0.6) is 5.75 Å². The Hall–Kier alpha value is -1.66. The van der Waals surface area contributed by atoms with Crippen molar-refractivity contribution >= 4 is 23.5 Å². The molecule has 1 aromatic carbocycles. The van der Waals surface area contributed by atoms with E-state index in [0.717, 1.165) is 24.3 Å². The zero-order valence-electron chi connectivity index (χ0n) is 13.5. The molecule has 5 nitrogen and oxygen atoms in total. The minimum Gasteiger partial charge on any atom is -0.494 e. The molecule has 6 heteroatoms. The van der Waals surface area contributed by atoms with Crippen LogP contribution in [0, 0.1) is 0 Å². The lowest BCUT2D eigenvalue weighted by Crippen LogP contribution is -2.30. The normalized spacial score (nSPS) is 15.7. The first-order valence-electron chi connectivity index (χ1n) is 8.28. The number of piperidine rings is 1. The van der Waals surface area contributed by atoms with Crippen molar-refractivity contribution in [2.75, 3.05) is 26.2 Å². The number of hydrogen-bond donors (Lipinski definition) is 2. The third kappa shape index (κ3) is 7.43. The van der Waals surface area contributed by atoms with Gasteiger partial charge in [0.15, 0.2) is 5.11 Å². The van der Waals surface area contributed by atoms with Crippen LogP contribution in [0.3, 0.4) is 0 Å². The Morgan fingerprint density at radius 3 is 2.91 bits per heavy atom. The van der Waals surface area contributed by atoms with Crippen LogP contribution in [0.4, 0.5) is 0 Å². The van der Waals surface area contributed by atoms with Gasteiger partial charge in [0.05, 0.1) is 12.8 Å². The number of thiocarbonyl (C=S) groups is 1. The van der Waals surface area contributed by atoms with Crippen molar-refractivity contribution in [3.63, 3.8) is 0 Å². The van der Waals surface area contributed by atoms with Gasteiger partial charge in [0, 0.05) is 0 Å². The standard InChI is InChI=1S/C17H26N4OS/c18-17(23)20-19-14-15-7-6-8-16(13-15)22-12-5-4-11-21-9-2-1-3-10-21/h6-8,13-14H,1-5,9-12H2,(H3,18,20,23). The van der Waals surface area contributed by atoms with E-state index in [9.17, 15) is 0 Å². The maximum atomic E-state index is 5.81. The van der Waals surface area contributed by atoms with E-state index in [1.165, 1.54) is 45.3 Å². The van der Waals surface area contributed by atoms with Gasteiger partial charge in [0.2, 0.25) is 0 Å². The quantitative estimate of drug-likeness (QED) is 0.331. The fourth-order valence-electron chi connectivity index (χ4n) is 2.67. The van der Waals surface area contributed by atoms with Gasteiger partial charge in [-0.05, 0) is 75.2 Å². The fourth-order valence-corrected chi connectivity index (χ4v) is 2.72. The average Bonchev–Trinajstić information content (AvgIpc) is 2.56. The zero-order valence-corrected chi connectivity index (χ0v) is 14.4. The Labute approximate surface area is 143 Å². The summed E-state index contributed by atoms with van der Waals surface area (Å²) >= 11 is 4.69. The first kappa shape index (κ1) is 17.7. The first-order chi connectivity index (χ1) is 11.2. The van der Waals surface area contributed by atoms with Crippen LogP contribution in [0.1, 0.15) is 37.7 Å². The molecule has 1 aliphatic heterocycles. The van der Waals surface area contributed by atoms with E-state index in [0.29, 0.717) is 0 Å². The molecule has 0 aromatic heterocycles. The van der Waals surface area contributed by atoms with Gasteiger partial charge in [-0.2, -0.15) is 5.10 Å². The van der Waals surface area contributed by atoms with Crippen molar-refractivity contribution in [3.05, 3.63) is 29.8 Å². The number of benzene rings is 1. The molecule has 1 heterocycles. The van der Waals surface area contributed by atoms with Crippen molar-refractivity contribution in [1.82, 2.24) is 10.3 Å². The lowest BCUT2D eigenvalue weighted by atomic mass is 10.1. The van der Waals surface area contributed by atoms with Gasteiger partial charge < -0.3 is 15.4 Å². The summed E-state index contributed by atoms with van der Waals surface area (Å²) in [7, 11) is 0. The summed E-state index contributed by atoms with van der Waals surface area (Å²) < 4.78 is 5.81. The second kappa shape index (κ2) is 10.2. The lowest BCUT2D eigenvalue weighted by Gasteiger charge is -2.26. The number of nitrogens with one attached hydrogen (secondary N) is 1. The molecule has 1 aromatic rings. The minimum absolute atomic E-state index is 0.155. The number of unbranched alkanes of at least 4 members (excludes halogenated alkanes) is 1.